The minimum atomic E-state index is -0.970. The Kier molecular flexibility index (Phi) is 8.29. The predicted molar refractivity (Wildman–Crippen MR) is 60.5 cm³/mol. The monoisotopic (exact) mass is 248 g/mol. The summed E-state index contributed by atoms with van der Waals surface area (Å²) in [6, 6.07) is 0. The fraction of sp³-hybridized carbons (Fsp3) is 0.800. The van der Waals surface area contributed by atoms with Crippen LogP contribution in [0.1, 0.15) is 12.8 Å². The summed E-state index contributed by atoms with van der Waals surface area (Å²) < 4.78 is 9.87. The molecule has 2 unspecified atom stereocenters. The SMILES string of the molecule is COC(CNC(=O)CC(CN)OC)CC(=O)O. The summed E-state index contributed by atoms with van der Waals surface area (Å²) in [6.45, 7) is 0.412. The lowest BCUT2D eigenvalue weighted by Gasteiger charge is -2.16. The van der Waals surface area contributed by atoms with Crippen LogP contribution in [0.3, 0.4) is 0 Å². The van der Waals surface area contributed by atoms with Gasteiger partial charge in [0.2, 0.25) is 5.91 Å². The molecule has 0 aliphatic rings. The molecule has 0 aromatic carbocycles. The number of aliphatic carboxylic acids is 1. The fourth-order valence-electron chi connectivity index (χ4n) is 1.20. The van der Waals surface area contributed by atoms with E-state index in [0.717, 1.165) is 0 Å². The standard InChI is InChI=1S/C10H20N2O5/c1-16-7(5-11)3-9(13)12-6-8(17-2)4-10(14)15/h7-8H,3-6,11H2,1-2H3,(H,12,13)(H,14,15). The van der Waals surface area contributed by atoms with E-state index in [4.69, 9.17) is 20.3 Å². The summed E-state index contributed by atoms with van der Waals surface area (Å²) in [5, 5.41) is 11.1. The van der Waals surface area contributed by atoms with Crippen LogP contribution in [0, 0.1) is 0 Å². The van der Waals surface area contributed by atoms with Crippen LogP contribution in [0.25, 0.3) is 0 Å². The molecule has 0 fully saturated rings. The Labute approximate surface area is 100 Å². The predicted octanol–water partition coefficient (Wildman–Crippen LogP) is -1.04. The Morgan fingerprint density at radius 1 is 1.24 bits per heavy atom. The summed E-state index contributed by atoms with van der Waals surface area (Å²) in [5.41, 5.74) is 5.37. The van der Waals surface area contributed by atoms with Crippen LogP contribution in [-0.4, -0.2) is 56.5 Å². The van der Waals surface area contributed by atoms with Gasteiger partial charge in [0.25, 0.3) is 0 Å². The first-order valence-electron chi connectivity index (χ1n) is 5.27. The number of carbonyl (C=O) groups is 2. The molecule has 0 aromatic rings. The molecule has 0 aromatic heterocycles. The number of carbonyl (C=O) groups excluding carboxylic acids is 1. The molecule has 0 radical (unpaired) electrons. The van der Waals surface area contributed by atoms with Crippen molar-refractivity contribution in [3.05, 3.63) is 0 Å². The van der Waals surface area contributed by atoms with Gasteiger partial charge in [0, 0.05) is 27.3 Å². The quantitative estimate of drug-likeness (QED) is 0.480. The number of hydrogen-bond donors (Lipinski definition) is 3. The molecular formula is C10H20N2O5. The first-order chi connectivity index (χ1) is 8.03. The van der Waals surface area contributed by atoms with E-state index in [1.807, 2.05) is 0 Å². The zero-order valence-electron chi connectivity index (χ0n) is 10.1. The summed E-state index contributed by atoms with van der Waals surface area (Å²) >= 11 is 0. The maximum absolute atomic E-state index is 11.4. The van der Waals surface area contributed by atoms with Gasteiger partial charge in [-0.3, -0.25) is 9.59 Å². The van der Waals surface area contributed by atoms with Gasteiger partial charge in [-0.25, -0.2) is 0 Å². The van der Waals surface area contributed by atoms with Crippen molar-refractivity contribution < 1.29 is 24.2 Å². The lowest BCUT2D eigenvalue weighted by atomic mass is 10.2. The normalized spacial score (nSPS) is 14.1. The van der Waals surface area contributed by atoms with Crippen LogP contribution in [0.15, 0.2) is 0 Å². The van der Waals surface area contributed by atoms with E-state index in [-0.39, 0.29) is 37.9 Å². The summed E-state index contributed by atoms with van der Waals surface area (Å²) in [6.07, 6.45) is -0.858. The lowest BCUT2D eigenvalue weighted by molar-refractivity contribution is -0.140. The summed E-state index contributed by atoms with van der Waals surface area (Å²) in [5.74, 6) is -1.21. The van der Waals surface area contributed by atoms with E-state index in [2.05, 4.69) is 5.32 Å². The van der Waals surface area contributed by atoms with Crippen LogP contribution >= 0.6 is 0 Å². The number of ether oxygens (including phenoxy) is 2. The van der Waals surface area contributed by atoms with Crippen molar-refractivity contribution in [1.29, 1.82) is 0 Å². The number of carboxylic acids is 1. The van der Waals surface area contributed by atoms with E-state index in [1.54, 1.807) is 0 Å². The first-order valence-corrected chi connectivity index (χ1v) is 5.27. The molecule has 7 nitrogen and oxygen atoms in total. The first kappa shape index (κ1) is 15.8. The molecule has 0 saturated heterocycles. The van der Waals surface area contributed by atoms with E-state index < -0.39 is 12.1 Å². The van der Waals surface area contributed by atoms with E-state index >= 15 is 0 Å². The Hall–Kier alpha value is -1.18. The number of carboxylic acid groups (broad SMARTS) is 1. The largest absolute Gasteiger partial charge is 0.481 e. The Bertz CT molecular complexity index is 243. The highest BCUT2D eigenvalue weighted by Crippen LogP contribution is 1.98. The highest BCUT2D eigenvalue weighted by atomic mass is 16.5. The highest BCUT2D eigenvalue weighted by molar-refractivity contribution is 5.76. The molecule has 0 bridgehead atoms. The Morgan fingerprint density at radius 3 is 2.24 bits per heavy atom. The van der Waals surface area contributed by atoms with Gasteiger partial charge >= 0.3 is 5.97 Å². The third kappa shape index (κ3) is 7.67. The number of methoxy groups -OCH3 is 2. The second-order valence-electron chi connectivity index (χ2n) is 3.56. The zero-order chi connectivity index (χ0) is 13.3. The van der Waals surface area contributed by atoms with Gasteiger partial charge in [0.05, 0.1) is 25.0 Å². The van der Waals surface area contributed by atoms with Crippen molar-refractivity contribution >= 4 is 11.9 Å². The number of rotatable bonds is 9. The number of amides is 1. The second-order valence-corrected chi connectivity index (χ2v) is 3.56. The minimum absolute atomic E-state index is 0.149. The summed E-state index contributed by atoms with van der Waals surface area (Å²) in [4.78, 5) is 21.9. The van der Waals surface area contributed by atoms with Crippen LogP contribution < -0.4 is 11.1 Å². The van der Waals surface area contributed by atoms with Crippen molar-refractivity contribution in [3.8, 4) is 0 Å². The van der Waals surface area contributed by atoms with Gasteiger partial charge in [-0.15, -0.1) is 0 Å². The Morgan fingerprint density at radius 2 is 1.82 bits per heavy atom. The molecule has 7 heteroatoms. The van der Waals surface area contributed by atoms with Gasteiger partial charge in [0.15, 0.2) is 0 Å². The molecule has 17 heavy (non-hydrogen) atoms. The van der Waals surface area contributed by atoms with Crippen LogP contribution in [0.4, 0.5) is 0 Å². The lowest BCUT2D eigenvalue weighted by Crippen LogP contribution is -2.37. The second kappa shape index (κ2) is 8.91. The average molecular weight is 248 g/mol. The third-order valence-corrected chi connectivity index (χ3v) is 2.27. The maximum Gasteiger partial charge on any atom is 0.306 e. The average Bonchev–Trinajstić information content (AvgIpc) is 2.30. The minimum Gasteiger partial charge on any atom is -0.481 e. The van der Waals surface area contributed by atoms with Gasteiger partial charge in [-0.1, -0.05) is 0 Å². The van der Waals surface area contributed by atoms with E-state index in [1.165, 1.54) is 14.2 Å². The molecule has 0 aliphatic heterocycles. The molecular weight excluding hydrogens is 228 g/mol. The van der Waals surface area contributed by atoms with Crippen molar-refractivity contribution in [2.24, 2.45) is 5.73 Å². The molecule has 1 amide bonds. The van der Waals surface area contributed by atoms with Crippen molar-refractivity contribution in [3.63, 3.8) is 0 Å². The number of hydrogen-bond acceptors (Lipinski definition) is 5. The number of nitrogens with two attached hydrogens (primary N) is 1. The Balaban J connectivity index is 3.91. The van der Waals surface area contributed by atoms with E-state index in [0.29, 0.717) is 0 Å². The molecule has 0 rings (SSSR count). The zero-order valence-corrected chi connectivity index (χ0v) is 10.1. The summed E-state index contributed by atoms with van der Waals surface area (Å²) in [7, 11) is 2.88. The van der Waals surface area contributed by atoms with Gasteiger partial charge < -0.3 is 25.6 Å². The maximum atomic E-state index is 11.4. The third-order valence-electron chi connectivity index (χ3n) is 2.27. The van der Waals surface area contributed by atoms with Gasteiger partial charge in [-0.05, 0) is 0 Å². The van der Waals surface area contributed by atoms with Crippen LogP contribution in [0.2, 0.25) is 0 Å². The van der Waals surface area contributed by atoms with Crippen molar-refractivity contribution in [2.45, 2.75) is 25.0 Å². The van der Waals surface area contributed by atoms with Gasteiger partial charge in [-0.2, -0.15) is 0 Å². The van der Waals surface area contributed by atoms with Gasteiger partial charge in [0.1, 0.15) is 0 Å². The van der Waals surface area contributed by atoms with Crippen LogP contribution in [0.5, 0.6) is 0 Å². The molecule has 0 spiro atoms. The molecule has 100 valence electrons. The smallest absolute Gasteiger partial charge is 0.306 e. The van der Waals surface area contributed by atoms with Crippen LogP contribution in [-0.2, 0) is 19.1 Å². The van der Waals surface area contributed by atoms with Crippen molar-refractivity contribution in [2.75, 3.05) is 27.3 Å². The number of nitrogens with one attached hydrogen (secondary N) is 1. The molecule has 2 atom stereocenters. The molecule has 0 heterocycles. The topological polar surface area (TPSA) is 111 Å². The fourth-order valence-corrected chi connectivity index (χ4v) is 1.20. The molecule has 0 saturated carbocycles. The van der Waals surface area contributed by atoms with E-state index in [9.17, 15) is 9.59 Å². The van der Waals surface area contributed by atoms with Crippen molar-refractivity contribution in [1.82, 2.24) is 5.32 Å². The molecule has 0 aliphatic carbocycles. The highest BCUT2D eigenvalue weighted by Gasteiger charge is 2.15. The molecule has 4 N–H and O–H groups in total.